The fourth-order valence-corrected chi connectivity index (χ4v) is 3.00. The Balaban J connectivity index is 2.06. The summed E-state index contributed by atoms with van der Waals surface area (Å²) >= 11 is 0. The normalized spacial score (nSPS) is 22.2. The molecule has 0 spiro atoms. The van der Waals surface area contributed by atoms with Crippen molar-refractivity contribution >= 4 is 5.95 Å². The minimum atomic E-state index is 0.431. The second-order valence-electron chi connectivity index (χ2n) is 6.34. The number of rotatable bonds is 4. The number of anilines is 1. The quantitative estimate of drug-likeness (QED) is 0.903. The van der Waals surface area contributed by atoms with E-state index in [0.29, 0.717) is 17.4 Å². The second-order valence-corrected chi connectivity index (χ2v) is 6.34. The van der Waals surface area contributed by atoms with Crippen LogP contribution in [0.1, 0.15) is 64.8 Å². The first-order valence-electron chi connectivity index (χ1n) is 7.53. The first-order chi connectivity index (χ1) is 9.04. The van der Waals surface area contributed by atoms with E-state index in [0.717, 1.165) is 24.2 Å². The van der Waals surface area contributed by atoms with Crippen LogP contribution in [0.25, 0.3) is 0 Å². The van der Waals surface area contributed by atoms with E-state index in [1.54, 1.807) is 0 Å². The average Bonchev–Trinajstić information content (AvgIpc) is 2.37. The predicted molar refractivity (Wildman–Crippen MR) is 78.2 cm³/mol. The summed E-state index contributed by atoms with van der Waals surface area (Å²) in [6.45, 7) is 8.91. The molecule has 1 aromatic heterocycles. The van der Waals surface area contributed by atoms with Gasteiger partial charge in [0.05, 0.1) is 11.4 Å². The molecule has 1 unspecified atom stereocenters. The Hall–Kier alpha value is -1.19. The highest BCUT2D eigenvalue weighted by Gasteiger charge is 2.28. The Bertz CT molecular complexity index is 428. The van der Waals surface area contributed by atoms with E-state index >= 15 is 0 Å². The molecule has 1 fully saturated rings. The molecule has 1 atom stereocenters. The zero-order valence-electron chi connectivity index (χ0n) is 12.7. The van der Waals surface area contributed by atoms with Gasteiger partial charge in [0.25, 0.3) is 0 Å². The maximum atomic E-state index is 4.62. The first kappa shape index (κ1) is 14.2. The van der Waals surface area contributed by atoms with Gasteiger partial charge in [-0.25, -0.2) is 4.98 Å². The van der Waals surface area contributed by atoms with Crippen LogP contribution in [0.3, 0.4) is 0 Å². The van der Waals surface area contributed by atoms with Crippen LogP contribution in [0.2, 0.25) is 0 Å². The highest BCUT2D eigenvalue weighted by molar-refractivity contribution is 5.27. The summed E-state index contributed by atoms with van der Waals surface area (Å²) in [7, 11) is 0. The lowest BCUT2D eigenvalue weighted by atomic mass is 9.75. The summed E-state index contributed by atoms with van der Waals surface area (Å²) in [6.07, 6.45) is 6.83. The first-order valence-corrected chi connectivity index (χ1v) is 7.53. The molecule has 0 radical (unpaired) electrons. The van der Waals surface area contributed by atoms with Gasteiger partial charge >= 0.3 is 0 Å². The van der Waals surface area contributed by atoms with Gasteiger partial charge < -0.3 is 5.32 Å². The van der Waals surface area contributed by atoms with Crippen molar-refractivity contribution in [1.82, 2.24) is 15.2 Å². The van der Waals surface area contributed by atoms with Gasteiger partial charge in [-0.3, -0.25) is 0 Å². The Kier molecular flexibility index (Phi) is 4.38. The molecule has 0 bridgehead atoms. The molecule has 1 aliphatic rings. The number of aryl methyl sites for hydroxylation is 2. The van der Waals surface area contributed by atoms with Crippen molar-refractivity contribution in [2.24, 2.45) is 5.41 Å². The Morgan fingerprint density at radius 2 is 1.89 bits per heavy atom. The number of aromatic nitrogens is 3. The van der Waals surface area contributed by atoms with Crippen molar-refractivity contribution in [2.75, 3.05) is 5.32 Å². The average molecular weight is 262 g/mol. The molecule has 0 saturated heterocycles. The van der Waals surface area contributed by atoms with Crippen LogP contribution in [-0.4, -0.2) is 21.2 Å². The minimum Gasteiger partial charge on any atom is -0.350 e. The largest absolute Gasteiger partial charge is 0.350 e. The summed E-state index contributed by atoms with van der Waals surface area (Å²) in [6, 6.07) is 0.489. The summed E-state index contributed by atoms with van der Waals surface area (Å²) in [5.74, 6) is 0.705. The number of nitrogens with zero attached hydrogens (tertiary/aromatic N) is 3. The van der Waals surface area contributed by atoms with Crippen molar-refractivity contribution in [2.45, 2.75) is 72.3 Å². The summed E-state index contributed by atoms with van der Waals surface area (Å²) in [5.41, 5.74) is 2.53. The van der Waals surface area contributed by atoms with Crippen LogP contribution < -0.4 is 5.32 Å². The van der Waals surface area contributed by atoms with Crippen LogP contribution in [0.4, 0.5) is 5.95 Å². The molecular formula is C15H26N4. The third-order valence-corrected chi connectivity index (χ3v) is 4.05. The maximum absolute atomic E-state index is 4.62. The highest BCUT2D eigenvalue weighted by Crippen LogP contribution is 2.35. The summed E-state index contributed by atoms with van der Waals surface area (Å²) in [5, 5.41) is 12.0. The van der Waals surface area contributed by atoms with Crippen LogP contribution in [0.15, 0.2) is 0 Å². The van der Waals surface area contributed by atoms with Gasteiger partial charge in [-0.1, -0.05) is 34.1 Å². The monoisotopic (exact) mass is 262 g/mol. The molecule has 1 N–H and O–H groups in total. The lowest BCUT2D eigenvalue weighted by Crippen LogP contribution is -2.32. The second kappa shape index (κ2) is 5.85. The highest BCUT2D eigenvalue weighted by atomic mass is 15.2. The molecule has 19 heavy (non-hydrogen) atoms. The molecule has 1 aromatic rings. The Labute approximate surface area is 116 Å². The van der Waals surface area contributed by atoms with Gasteiger partial charge in [0.1, 0.15) is 0 Å². The summed E-state index contributed by atoms with van der Waals surface area (Å²) < 4.78 is 0. The van der Waals surface area contributed by atoms with Crippen molar-refractivity contribution in [1.29, 1.82) is 0 Å². The number of nitrogens with one attached hydrogen (secondary N) is 1. The molecule has 1 heterocycles. The van der Waals surface area contributed by atoms with E-state index in [1.165, 1.54) is 25.7 Å². The third-order valence-electron chi connectivity index (χ3n) is 4.05. The van der Waals surface area contributed by atoms with Gasteiger partial charge in [-0.2, -0.15) is 5.10 Å². The molecule has 106 valence electrons. The zero-order chi connectivity index (χ0) is 13.9. The van der Waals surface area contributed by atoms with E-state index in [-0.39, 0.29) is 0 Å². The Morgan fingerprint density at radius 3 is 2.53 bits per heavy atom. The number of hydrogen-bond donors (Lipinski definition) is 1. The molecule has 1 aliphatic carbocycles. The molecule has 0 amide bonds. The van der Waals surface area contributed by atoms with Crippen molar-refractivity contribution in [3.63, 3.8) is 0 Å². The topological polar surface area (TPSA) is 50.7 Å². The predicted octanol–water partition coefficient (Wildman–Crippen LogP) is 3.38. The minimum absolute atomic E-state index is 0.431. The summed E-state index contributed by atoms with van der Waals surface area (Å²) in [4.78, 5) is 4.62. The fraction of sp³-hybridized carbons (Fsp3) is 0.800. The zero-order valence-corrected chi connectivity index (χ0v) is 12.7. The molecule has 2 rings (SSSR count). The molecule has 0 aromatic carbocycles. The number of hydrogen-bond acceptors (Lipinski definition) is 4. The molecular weight excluding hydrogens is 236 g/mol. The van der Waals surface area contributed by atoms with Gasteiger partial charge in [0.15, 0.2) is 0 Å². The van der Waals surface area contributed by atoms with E-state index in [2.05, 4.69) is 48.2 Å². The molecule has 0 aliphatic heterocycles. The van der Waals surface area contributed by atoms with Gasteiger partial charge in [-0.05, 0) is 37.5 Å². The Morgan fingerprint density at radius 1 is 1.16 bits per heavy atom. The van der Waals surface area contributed by atoms with Crippen LogP contribution in [-0.2, 0) is 12.8 Å². The third kappa shape index (κ3) is 3.64. The standard InChI is InChI=1S/C15H26N4/c1-5-12-13(6-2)18-19-14(17-12)16-11-8-7-9-15(3,4)10-11/h11H,5-10H2,1-4H3,(H,16,17,19). The maximum Gasteiger partial charge on any atom is 0.243 e. The fourth-order valence-electron chi connectivity index (χ4n) is 3.00. The van der Waals surface area contributed by atoms with Gasteiger partial charge in [0.2, 0.25) is 5.95 Å². The smallest absolute Gasteiger partial charge is 0.243 e. The molecule has 1 saturated carbocycles. The lowest BCUT2D eigenvalue weighted by Gasteiger charge is -2.35. The van der Waals surface area contributed by atoms with E-state index in [4.69, 9.17) is 0 Å². The van der Waals surface area contributed by atoms with Crippen molar-refractivity contribution in [3.8, 4) is 0 Å². The molecule has 4 nitrogen and oxygen atoms in total. The van der Waals surface area contributed by atoms with Crippen LogP contribution in [0, 0.1) is 5.41 Å². The molecule has 4 heteroatoms. The van der Waals surface area contributed by atoms with E-state index in [1.807, 2.05) is 0 Å². The van der Waals surface area contributed by atoms with E-state index in [9.17, 15) is 0 Å². The van der Waals surface area contributed by atoms with E-state index < -0.39 is 0 Å². The van der Waals surface area contributed by atoms with Crippen molar-refractivity contribution in [3.05, 3.63) is 11.4 Å². The van der Waals surface area contributed by atoms with Crippen molar-refractivity contribution < 1.29 is 0 Å². The van der Waals surface area contributed by atoms with Crippen LogP contribution in [0.5, 0.6) is 0 Å². The SMILES string of the molecule is CCc1nnc(NC2CCCC(C)(C)C2)nc1CC. The van der Waals surface area contributed by atoms with Crippen LogP contribution >= 0.6 is 0 Å². The van der Waals surface area contributed by atoms with Gasteiger partial charge in [-0.15, -0.1) is 5.10 Å². The van der Waals surface area contributed by atoms with Gasteiger partial charge in [0, 0.05) is 6.04 Å². The lowest BCUT2D eigenvalue weighted by molar-refractivity contribution is 0.229.